The van der Waals surface area contributed by atoms with Crippen LogP contribution in [0.15, 0.2) is 57.5 Å². The number of halogens is 1. The van der Waals surface area contributed by atoms with Gasteiger partial charge in [0.25, 0.3) is 0 Å². The van der Waals surface area contributed by atoms with Gasteiger partial charge in [-0.25, -0.2) is 0 Å². The maximum Gasteiger partial charge on any atom is 0.230 e. The van der Waals surface area contributed by atoms with Crippen molar-refractivity contribution in [2.75, 3.05) is 5.73 Å². The van der Waals surface area contributed by atoms with Gasteiger partial charge in [-0.1, -0.05) is 63.6 Å². The van der Waals surface area contributed by atoms with Crippen molar-refractivity contribution < 1.29 is 4.52 Å². The number of hydrogen-bond donors (Lipinski definition) is 1. The first kappa shape index (κ1) is 12.9. The van der Waals surface area contributed by atoms with Gasteiger partial charge in [0.05, 0.1) is 5.56 Å². The van der Waals surface area contributed by atoms with Crippen LogP contribution in [0.3, 0.4) is 0 Å². The first-order valence-corrected chi connectivity index (χ1v) is 7.04. The van der Waals surface area contributed by atoms with E-state index in [1.165, 1.54) is 0 Å². The molecule has 3 aromatic rings. The van der Waals surface area contributed by atoms with Crippen molar-refractivity contribution in [3.05, 3.63) is 58.6 Å². The Labute approximate surface area is 125 Å². The van der Waals surface area contributed by atoms with Gasteiger partial charge in [-0.15, -0.1) is 0 Å². The standard InChI is InChI=1S/C16H13BrN2O/c1-10-6-2-3-7-11(10)15-14(16(18)20-19-15)12-8-4-5-9-13(12)17/h2-9H,18H2,1H3. The fourth-order valence-electron chi connectivity index (χ4n) is 2.25. The molecule has 4 heteroatoms. The summed E-state index contributed by atoms with van der Waals surface area (Å²) >= 11 is 3.55. The number of aryl methyl sites for hydroxylation is 1. The van der Waals surface area contributed by atoms with Crippen LogP contribution in [0.2, 0.25) is 0 Å². The van der Waals surface area contributed by atoms with Gasteiger partial charge < -0.3 is 10.3 Å². The molecule has 0 saturated carbocycles. The van der Waals surface area contributed by atoms with Gasteiger partial charge in [-0.2, -0.15) is 0 Å². The molecule has 0 aliphatic carbocycles. The summed E-state index contributed by atoms with van der Waals surface area (Å²) in [5.41, 5.74) is 10.7. The van der Waals surface area contributed by atoms with Crippen molar-refractivity contribution >= 4 is 21.8 Å². The van der Waals surface area contributed by atoms with Crippen LogP contribution in [0.5, 0.6) is 0 Å². The van der Waals surface area contributed by atoms with Gasteiger partial charge in [0.2, 0.25) is 5.88 Å². The van der Waals surface area contributed by atoms with Gasteiger partial charge in [0, 0.05) is 15.6 Å². The number of nitrogens with two attached hydrogens (primary N) is 1. The summed E-state index contributed by atoms with van der Waals surface area (Å²) in [5.74, 6) is 0.329. The van der Waals surface area contributed by atoms with Gasteiger partial charge in [-0.05, 0) is 18.6 Å². The predicted octanol–water partition coefficient (Wildman–Crippen LogP) is 4.66. The van der Waals surface area contributed by atoms with Crippen LogP contribution in [0.1, 0.15) is 5.56 Å². The zero-order chi connectivity index (χ0) is 14.1. The van der Waals surface area contributed by atoms with Crippen molar-refractivity contribution in [2.45, 2.75) is 6.92 Å². The molecule has 0 saturated heterocycles. The Kier molecular flexibility index (Phi) is 3.32. The summed E-state index contributed by atoms with van der Waals surface area (Å²) in [6.45, 7) is 2.05. The lowest BCUT2D eigenvalue weighted by atomic mass is 9.98. The van der Waals surface area contributed by atoms with Gasteiger partial charge >= 0.3 is 0 Å². The molecule has 3 rings (SSSR count). The largest absolute Gasteiger partial charge is 0.367 e. The van der Waals surface area contributed by atoms with E-state index in [0.29, 0.717) is 5.88 Å². The minimum absolute atomic E-state index is 0.329. The third kappa shape index (κ3) is 2.12. The summed E-state index contributed by atoms with van der Waals surface area (Å²) in [7, 11) is 0. The quantitative estimate of drug-likeness (QED) is 0.744. The van der Waals surface area contributed by atoms with E-state index < -0.39 is 0 Å². The molecule has 2 aromatic carbocycles. The second-order valence-electron chi connectivity index (χ2n) is 4.57. The van der Waals surface area contributed by atoms with E-state index in [0.717, 1.165) is 32.4 Å². The Morgan fingerprint density at radius 2 is 1.65 bits per heavy atom. The summed E-state index contributed by atoms with van der Waals surface area (Å²) in [4.78, 5) is 0. The maximum atomic E-state index is 5.98. The van der Waals surface area contributed by atoms with Crippen LogP contribution in [-0.2, 0) is 0 Å². The van der Waals surface area contributed by atoms with Crippen LogP contribution in [-0.4, -0.2) is 5.16 Å². The van der Waals surface area contributed by atoms with Crippen molar-refractivity contribution in [3.8, 4) is 22.4 Å². The lowest BCUT2D eigenvalue weighted by Gasteiger charge is -2.07. The molecule has 0 atom stereocenters. The highest BCUT2D eigenvalue weighted by atomic mass is 79.9. The van der Waals surface area contributed by atoms with E-state index in [2.05, 4.69) is 21.1 Å². The number of aromatic nitrogens is 1. The number of rotatable bonds is 2. The van der Waals surface area contributed by atoms with E-state index in [9.17, 15) is 0 Å². The lowest BCUT2D eigenvalue weighted by molar-refractivity contribution is 0.439. The molecule has 0 amide bonds. The molecular formula is C16H13BrN2O. The van der Waals surface area contributed by atoms with Crippen LogP contribution >= 0.6 is 15.9 Å². The Bertz CT molecular complexity index is 765. The molecular weight excluding hydrogens is 316 g/mol. The van der Waals surface area contributed by atoms with Crippen molar-refractivity contribution in [2.24, 2.45) is 0 Å². The Morgan fingerprint density at radius 1 is 1.00 bits per heavy atom. The monoisotopic (exact) mass is 328 g/mol. The third-order valence-corrected chi connectivity index (χ3v) is 3.95. The average Bonchev–Trinajstić information content (AvgIpc) is 2.82. The van der Waals surface area contributed by atoms with E-state index in [1.807, 2.05) is 55.5 Å². The fraction of sp³-hybridized carbons (Fsp3) is 0.0625. The molecule has 0 aliphatic heterocycles. The Hall–Kier alpha value is -2.07. The number of anilines is 1. The smallest absolute Gasteiger partial charge is 0.230 e. The zero-order valence-electron chi connectivity index (χ0n) is 10.9. The summed E-state index contributed by atoms with van der Waals surface area (Å²) < 4.78 is 6.18. The predicted molar refractivity (Wildman–Crippen MR) is 84.2 cm³/mol. The van der Waals surface area contributed by atoms with E-state index in [-0.39, 0.29) is 0 Å². The SMILES string of the molecule is Cc1ccccc1-c1noc(N)c1-c1ccccc1Br. The number of nitrogen functional groups attached to an aromatic ring is 1. The summed E-state index contributed by atoms with van der Waals surface area (Å²) in [5, 5.41) is 4.14. The highest BCUT2D eigenvalue weighted by Crippen LogP contribution is 2.40. The van der Waals surface area contributed by atoms with Crippen LogP contribution < -0.4 is 5.73 Å². The van der Waals surface area contributed by atoms with Crippen LogP contribution in [0.4, 0.5) is 5.88 Å². The minimum atomic E-state index is 0.329. The van der Waals surface area contributed by atoms with Crippen molar-refractivity contribution in [1.29, 1.82) is 0 Å². The van der Waals surface area contributed by atoms with Gasteiger partial charge in [0.1, 0.15) is 5.69 Å². The third-order valence-electron chi connectivity index (χ3n) is 3.26. The molecule has 1 heterocycles. The van der Waals surface area contributed by atoms with E-state index in [1.54, 1.807) is 0 Å². The minimum Gasteiger partial charge on any atom is -0.367 e. The second-order valence-corrected chi connectivity index (χ2v) is 5.42. The maximum absolute atomic E-state index is 5.98. The Morgan fingerprint density at radius 3 is 2.35 bits per heavy atom. The lowest BCUT2D eigenvalue weighted by Crippen LogP contribution is -1.90. The van der Waals surface area contributed by atoms with Crippen molar-refractivity contribution in [3.63, 3.8) is 0 Å². The molecule has 2 N–H and O–H groups in total. The Balaban J connectivity index is 2.26. The molecule has 1 aromatic heterocycles. The number of benzene rings is 2. The number of hydrogen-bond acceptors (Lipinski definition) is 3. The molecule has 0 aliphatic rings. The second kappa shape index (κ2) is 5.13. The highest BCUT2D eigenvalue weighted by molar-refractivity contribution is 9.10. The average molecular weight is 329 g/mol. The molecule has 20 heavy (non-hydrogen) atoms. The van der Waals surface area contributed by atoms with Gasteiger partial charge in [0.15, 0.2) is 0 Å². The number of nitrogens with zero attached hydrogens (tertiary/aromatic N) is 1. The first-order valence-electron chi connectivity index (χ1n) is 6.24. The van der Waals surface area contributed by atoms with Crippen LogP contribution in [0.25, 0.3) is 22.4 Å². The van der Waals surface area contributed by atoms with E-state index >= 15 is 0 Å². The topological polar surface area (TPSA) is 52.0 Å². The fourth-order valence-corrected chi connectivity index (χ4v) is 2.73. The van der Waals surface area contributed by atoms with Gasteiger partial charge in [-0.3, -0.25) is 0 Å². The first-order chi connectivity index (χ1) is 9.68. The van der Waals surface area contributed by atoms with Crippen LogP contribution in [0, 0.1) is 6.92 Å². The molecule has 0 bridgehead atoms. The molecule has 0 radical (unpaired) electrons. The van der Waals surface area contributed by atoms with E-state index in [4.69, 9.17) is 10.3 Å². The normalized spacial score (nSPS) is 10.7. The molecule has 100 valence electrons. The molecule has 0 unspecified atom stereocenters. The van der Waals surface area contributed by atoms with Crippen molar-refractivity contribution in [1.82, 2.24) is 5.16 Å². The molecule has 0 spiro atoms. The highest BCUT2D eigenvalue weighted by Gasteiger charge is 2.19. The summed E-state index contributed by atoms with van der Waals surface area (Å²) in [6.07, 6.45) is 0. The molecule has 3 nitrogen and oxygen atoms in total. The zero-order valence-corrected chi connectivity index (χ0v) is 12.5. The molecule has 0 fully saturated rings. The summed E-state index contributed by atoms with van der Waals surface area (Å²) in [6, 6.07) is 15.9.